The molecule has 2 aliphatic rings. The molecule has 0 amide bonds. The van der Waals surface area contributed by atoms with E-state index in [-0.39, 0.29) is 17.1 Å². The summed E-state index contributed by atoms with van der Waals surface area (Å²) >= 11 is 5.43. The largest absolute Gasteiger partial charge is 0.497 e. The van der Waals surface area contributed by atoms with E-state index in [9.17, 15) is 10.1 Å². The van der Waals surface area contributed by atoms with E-state index in [1.165, 1.54) is 0 Å². The van der Waals surface area contributed by atoms with Crippen molar-refractivity contribution in [2.45, 2.75) is 32.6 Å². The van der Waals surface area contributed by atoms with Crippen LogP contribution in [-0.2, 0) is 4.79 Å². The summed E-state index contributed by atoms with van der Waals surface area (Å²) in [6.45, 7) is 4.16. The molecule has 2 unspecified atom stereocenters. The number of hydrogen-bond donors (Lipinski definition) is 1. The van der Waals surface area contributed by atoms with E-state index >= 15 is 0 Å². The molecule has 1 aromatic carbocycles. The lowest BCUT2D eigenvalue weighted by Crippen LogP contribution is -2.44. The third-order valence-electron chi connectivity index (χ3n) is 4.73. The highest BCUT2D eigenvalue weighted by molar-refractivity contribution is 7.80. The number of nitrogens with zero attached hydrogens (tertiary/aromatic N) is 1. The number of thiocarbonyl (C=S) groups is 1. The van der Waals surface area contributed by atoms with Crippen molar-refractivity contribution in [2.75, 3.05) is 7.11 Å². The fraction of sp³-hybridized carbons (Fsp3) is 0.421. The topological polar surface area (TPSA) is 62.1 Å². The van der Waals surface area contributed by atoms with Gasteiger partial charge in [0.15, 0.2) is 5.78 Å². The highest BCUT2D eigenvalue weighted by Crippen LogP contribution is 2.46. The molecule has 0 spiro atoms. The quantitative estimate of drug-likeness (QED) is 0.835. The predicted molar refractivity (Wildman–Crippen MR) is 95.6 cm³/mol. The van der Waals surface area contributed by atoms with E-state index in [1.807, 2.05) is 24.3 Å². The van der Waals surface area contributed by atoms with Gasteiger partial charge in [0.1, 0.15) is 11.7 Å². The first kappa shape index (κ1) is 16.7. The van der Waals surface area contributed by atoms with Crippen LogP contribution in [0, 0.1) is 22.7 Å². The van der Waals surface area contributed by atoms with Gasteiger partial charge in [-0.25, -0.2) is 0 Å². The number of carbonyl (C=O) groups is 1. The summed E-state index contributed by atoms with van der Waals surface area (Å²) in [5.74, 6) is 0.0111. The van der Waals surface area contributed by atoms with Gasteiger partial charge in [0.05, 0.1) is 18.2 Å². The monoisotopic (exact) mass is 340 g/mol. The molecule has 0 bridgehead atoms. The van der Waals surface area contributed by atoms with Crippen LogP contribution in [0.5, 0.6) is 5.75 Å². The summed E-state index contributed by atoms with van der Waals surface area (Å²) in [5.41, 5.74) is 2.43. The standard InChI is InChI=1S/C19H20N2O2S/c1-19(2)8-14-17(15(22)9-19)16(13(10-20)18(24)21-14)11-4-6-12(23-3)7-5-11/h4-7,13,16H,8-9H2,1-3H3,(H,21,24). The maximum absolute atomic E-state index is 12.8. The number of allylic oxidation sites excluding steroid dienone is 2. The first-order valence-corrected chi connectivity index (χ1v) is 8.38. The second-order valence-corrected chi connectivity index (χ2v) is 7.62. The van der Waals surface area contributed by atoms with E-state index in [0.717, 1.165) is 29.0 Å². The average Bonchev–Trinajstić information content (AvgIpc) is 2.52. The van der Waals surface area contributed by atoms with Crippen LogP contribution in [0.15, 0.2) is 35.5 Å². The van der Waals surface area contributed by atoms with Gasteiger partial charge >= 0.3 is 0 Å². The van der Waals surface area contributed by atoms with Crippen molar-refractivity contribution in [1.82, 2.24) is 5.32 Å². The Kier molecular flexibility index (Phi) is 4.18. The molecule has 0 saturated heterocycles. The van der Waals surface area contributed by atoms with Crippen LogP contribution in [0.1, 0.15) is 38.2 Å². The Labute approximate surface area is 147 Å². The van der Waals surface area contributed by atoms with Gasteiger partial charge in [-0.3, -0.25) is 4.79 Å². The Balaban J connectivity index is 2.13. The van der Waals surface area contributed by atoms with E-state index in [1.54, 1.807) is 7.11 Å². The molecule has 0 radical (unpaired) electrons. The first-order chi connectivity index (χ1) is 11.4. The zero-order chi connectivity index (χ0) is 17.5. The number of rotatable bonds is 2. The van der Waals surface area contributed by atoms with E-state index in [2.05, 4.69) is 25.2 Å². The van der Waals surface area contributed by atoms with Crippen LogP contribution < -0.4 is 10.1 Å². The summed E-state index contributed by atoms with van der Waals surface area (Å²) in [4.78, 5) is 13.3. The lowest BCUT2D eigenvalue weighted by molar-refractivity contribution is -0.118. The van der Waals surface area contributed by atoms with Crippen LogP contribution in [0.2, 0.25) is 0 Å². The predicted octanol–water partition coefficient (Wildman–Crippen LogP) is 3.49. The molecule has 1 aromatic rings. The molecule has 3 rings (SSSR count). The van der Waals surface area contributed by atoms with Gasteiger partial charge in [0.2, 0.25) is 0 Å². The Morgan fingerprint density at radius 3 is 2.54 bits per heavy atom. The molecule has 1 aliphatic carbocycles. The number of methoxy groups -OCH3 is 1. The van der Waals surface area contributed by atoms with E-state index in [4.69, 9.17) is 17.0 Å². The Morgan fingerprint density at radius 1 is 1.29 bits per heavy atom. The summed E-state index contributed by atoms with van der Waals surface area (Å²) in [6, 6.07) is 9.82. The summed E-state index contributed by atoms with van der Waals surface area (Å²) in [5, 5.41) is 12.8. The molecule has 2 atom stereocenters. The van der Waals surface area contributed by atoms with Crippen LogP contribution in [0.3, 0.4) is 0 Å². The molecule has 1 aliphatic heterocycles. The minimum Gasteiger partial charge on any atom is -0.497 e. The smallest absolute Gasteiger partial charge is 0.161 e. The number of nitriles is 1. The van der Waals surface area contributed by atoms with Gasteiger partial charge in [-0.15, -0.1) is 0 Å². The van der Waals surface area contributed by atoms with Crippen LogP contribution in [0.25, 0.3) is 0 Å². The zero-order valence-corrected chi connectivity index (χ0v) is 14.9. The Hall–Kier alpha value is -2.19. The van der Waals surface area contributed by atoms with Gasteiger partial charge in [0.25, 0.3) is 0 Å². The van der Waals surface area contributed by atoms with Crippen LogP contribution >= 0.6 is 12.2 Å². The first-order valence-electron chi connectivity index (χ1n) is 7.97. The molecule has 1 heterocycles. The number of carbonyl (C=O) groups excluding carboxylic acids is 1. The molecular formula is C19H20N2O2S. The number of ether oxygens (including phenoxy) is 1. The average molecular weight is 340 g/mol. The van der Waals surface area contributed by atoms with Gasteiger partial charge in [0, 0.05) is 23.6 Å². The van der Waals surface area contributed by atoms with Crippen molar-refractivity contribution in [3.63, 3.8) is 0 Å². The summed E-state index contributed by atoms with van der Waals surface area (Å²) in [7, 11) is 1.61. The second-order valence-electron chi connectivity index (χ2n) is 7.18. The number of benzene rings is 1. The molecule has 0 saturated carbocycles. The Bertz CT molecular complexity index is 772. The van der Waals surface area contributed by atoms with Gasteiger partial charge in [-0.1, -0.05) is 38.2 Å². The Morgan fingerprint density at radius 2 is 1.96 bits per heavy atom. The van der Waals surface area contributed by atoms with E-state index < -0.39 is 5.92 Å². The minimum atomic E-state index is -0.530. The van der Waals surface area contributed by atoms with Gasteiger partial charge < -0.3 is 10.1 Å². The van der Waals surface area contributed by atoms with Gasteiger partial charge in [-0.05, 0) is 29.5 Å². The molecule has 0 fully saturated rings. The van der Waals surface area contributed by atoms with Crippen molar-refractivity contribution < 1.29 is 9.53 Å². The van der Waals surface area contributed by atoms with Crippen LogP contribution in [-0.4, -0.2) is 17.9 Å². The minimum absolute atomic E-state index is 0.0948. The van der Waals surface area contributed by atoms with Crippen molar-refractivity contribution in [1.29, 1.82) is 5.26 Å². The van der Waals surface area contributed by atoms with Crippen molar-refractivity contribution >= 4 is 23.0 Å². The molecule has 5 heteroatoms. The number of nitrogens with one attached hydrogen (secondary N) is 1. The van der Waals surface area contributed by atoms with Crippen LogP contribution in [0.4, 0.5) is 0 Å². The highest BCUT2D eigenvalue weighted by Gasteiger charge is 2.44. The third-order valence-corrected chi connectivity index (χ3v) is 5.09. The number of hydrogen-bond acceptors (Lipinski definition) is 4. The fourth-order valence-electron chi connectivity index (χ4n) is 3.66. The summed E-state index contributed by atoms with van der Waals surface area (Å²) < 4.78 is 5.20. The van der Waals surface area contributed by atoms with Gasteiger partial charge in [-0.2, -0.15) is 5.26 Å². The molecular weight excluding hydrogens is 320 g/mol. The highest BCUT2D eigenvalue weighted by atomic mass is 32.1. The van der Waals surface area contributed by atoms with E-state index in [0.29, 0.717) is 11.4 Å². The molecule has 24 heavy (non-hydrogen) atoms. The SMILES string of the molecule is COc1ccc(C2C3=C(CC(C)(C)CC3=O)NC(=S)C2C#N)cc1. The second kappa shape index (κ2) is 6.03. The normalized spacial score (nSPS) is 25.6. The van der Waals surface area contributed by atoms with Crippen molar-refractivity contribution in [2.24, 2.45) is 11.3 Å². The maximum atomic E-state index is 12.8. The third kappa shape index (κ3) is 2.83. The lowest BCUT2D eigenvalue weighted by Gasteiger charge is -2.40. The number of ketones is 1. The maximum Gasteiger partial charge on any atom is 0.161 e. The molecule has 1 N–H and O–H groups in total. The molecule has 4 nitrogen and oxygen atoms in total. The van der Waals surface area contributed by atoms with Crippen molar-refractivity contribution in [3.05, 3.63) is 41.1 Å². The number of Topliss-reactive ketones (excluding diaryl/α,β-unsaturated/α-hetero) is 1. The lowest BCUT2D eigenvalue weighted by atomic mass is 9.67. The molecule has 124 valence electrons. The summed E-state index contributed by atoms with van der Waals surface area (Å²) in [6.07, 6.45) is 1.25. The fourth-order valence-corrected chi connectivity index (χ4v) is 3.97. The van der Waals surface area contributed by atoms with Crippen molar-refractivity contribution in [3.8, 4) is 11.8 Å². The molecule has 0 aromatic heterocycles. The zero-order valence-electron chi connectivity index (χ0n) is 14.1.